The van der Waals surface area contributed by atoms with Crippen LogP contribution in [0.1, 0.15) is 11.1 Å². The summed E-state index contributed by atoms with van der Waals surface area (Å²) in [6, 6.07) is 17.0. The van der Waals surface area contributed by atoms with Crippen LogP contribution < -0.4 is 15.0 Å². The first-order valence-electron chi connectivity index (χ1n) is 7.03. The van der Waals surface area contributed by atoms with Gasteiger partial charge >= 0.3 is 0 Å². The average Bonchev–Trinajstić information content (AvgIpc) is 2.71. The lowest BCUT2D eigenvalue weighted by atomic mass is 10.1. The van der Waals surface area contributed by atoms with E-state index in [1.54, 1.807) is 7.11 Å². The first kappa shape index (κ1) is 13.0. The number of ether oxygens (including phenoxy) is 1. The highest BCUT2D eigenvalue weighted by atomic mass is 16.5. The smallest absolute Gasteiger partial charge is 0.118 e. The molecule has 0 bridgehead atoms. The molecule has 0 saturated heterocycles. The van der Waals surface area contributed by atoms with E-state index in [4.69, 9.17) is 4.74 Å². The third kappa shape index (κ3) is 2.78. The van der Waals surface area contributed by atoms with Crippen LogP contribution in [0.5, 0.6) is 5.75 Å². The van der Waals surface area contributed by atoms with E-state index >= 15 is 0 Å². The van der Waals surface area contributed by atoms with E-state index in [2.05, 4.69) is 46.6 Å². The molecule has 0 spiro atoms. The number of rotatable bonds is 3. The molecule has 0 aliphatic carbocycles. The Morgan fingerprint density at radius 2 is 1.90 bits per heavy atom. The molecular formula is C17H20N2O. The van der Waals surface area contributed by atoms with Crippen LogP contribution in [0.3, 0.4) is 0 Å². The molecule has 2 aromatic carbocycles. The van der Waals surface area contributed by atoms with E-state index in [0.29, 0.717) is 0 Å². The number of nitrogens with zero attached hydrogens (tertiary/aromatic N) is 1. The van der Waals surface area contributed by atoms with E-state index in [1.807, 2.05) is 12.1 Å². The second-order valence-corrected chi connectivity index (χ2v) is 5.08. The monoisotopic (exact) mass is 268 g/mol. The van der Waals surface area contributed by atoms with E-state index in [9.17, 15) is 0 Å². The van der Waals surface area contributed by atoms with Crippen LogP contribution >= 0.6 is 0 Å². The van der Waals surface area contributed by atoms with Crippen molar-refractivity contribution in [3.63, 3.8) is 0 Å². The first-order valence-corrected chi connectivity index (χ1v) is 7.03. The maximum atomic E-state index is 5.21. The van der Waals surface area contributed by atoms with Crippen LogP contribution in [0.25, 0.3) is 0 Å². The number of para-hydroxylation sites is 1. The zero-order valence-corrected chi connectivity index (χ0v) is 11.8. The van der Waals surface area contributed by atoms with Gasteiger partial charge in [0.1, 0.15) is 5.75 Å². The van der Waals surface area contributed by atoms with Gasteiger partial charge in [-0.1, -0.05) is 30.3 Å². The molecule has 0 saturated carbocycles. The summed E-state index contributed by atoms with van der Waals surface area (Å²) in [7, 11) is 1.70. The fraction of sp³-hybridized carbons (Fsp3) is 0.294. The molecule has 2 aromatic rings. The van der Waals surface area contributed by atoms with Crippen LogP contribution in [0.15, 0.2) is 48.5 Å². The Bertz CT molecular complexity index is 565. The number of fused-ring (bicyclic) bond motifs is 1. The molecule has 0 amide bonds. The fourth-order valence-electron chi connectivity index (χ4n) is 2.64. The van der Waals surface area contributed by atoms with Gasteiger partial charge in [-0.3, -0.25) is 0 Å². The largest absolute Gasteiger partial charge is 0.497 e. The SMILES string of the molecule is COc1ccc(CN2CCNCc3ccccc32)cc1. The Kier molecular flexibility index (Phi) is 3.88. The van der Waals surface area contributed by atoms with Crippen molar-refractivity contribution < 1.29 is 4.74 Å². The number of nitrogens with one attached hydrogen (secondary N) is 1. The molecule has 1 aliphatic rings. The molecule has 104 valence electrons. The molecule has 3 rings (SSSR count). The van der Waals surface area contributed by atoms with Crippen LogP contribution in [0.2, 0.25) is 0 Å². The second kappa shape index (κ2) is 5.97. The van der Waals surface area contributed by atoms with Gasteiger partial charge in [0.05, 0.1) is 7.11 Å². The fourth-order valence-corrected chi connectivity index (χ4v) is 2.64. The summed E-state index contributed by atoms with van der Waals surface area (Å²) in [5.41, 5.74) is 4.02. The zero-order chi connectivity index (χ0) is 13.8. The van der Waals surface area contributed by atoms with Crippen molar-refractivity contribution in [2.75, 3.05) is 25.1 Å². The van der Waals surface area contributed by atoms with Crippen molar-refractivity contribution in [3.05, 3.63) is 59.7 Å². The van der Waals surface area contributed by atoms with Gasteiger partial charge in [-0.2, -0.15) is 0 Å². The minimum Gasteiger partial charge on any atom is -0.497 e. The van der Waals surface area contributed by atoms with Crippen LogP contribution in [0, 0.1) is 0 Å². The third-order valence-corrected chi connectivity index (χ3v) is 3.74. The lowest BCUT2D eigenvalue weighted by molar-refractivity contribution is 0.414. The predicted octanol–water partition coefficient (Wildman–Crippen LogP) is 2.81. The number of anilines is 1. The molecule has 0 fully saturated rings. The Morgan fingerprint density at radius 3 is 2.70 bits per heavy atom. The number of benzene rings is 2. The molecule has 0 radical (unpaired) electrons. The topological polar surface area (TPSA) is 24.5 Å². The number of hydrogen-bond donors (Lipinski definition) is 1. The molecule has 3 nitrogen and oxygen atoms in total. The molecule has 0 atom stereocenters. The summed E-state index contributed by atoms with van der Waals surface area (Å²) >= 11 is 0. The summed E-state index contributed by atoms with van der Waals surface area (Å²) in [6.45, 7) is 3.94. The first-order chi connectivity index (χ1) is 9.86. The van der Waals surface area contributed by atoms with Gasteiger partial charge in [0.25, 0.3) is 0 Å². The maximum absolute atomic E-state index is 5.21. The highest BCUT2D eigenvalue weighted by Gasteiger charge is 2.14. The molecule has 1 N–H and O–H groups in total. The molecule has 1 heterocycles. The van der Waals surface area contributed by atoms with Gasteiger partial charge in [-0.15, -0.1) is 0 Å². The average molecular weight is 268 g/mol. The minimum atomic E-state index is 0.909. The summed E-state index contributed by atoms with van der Waals surface area (Å²) in [4.78, 5) is 2.44. The molecule has 0 unspecified atom stereocenters. The van der Waals surface area contributed by atoms with Crippen molar-refractivity contribution in [2.24, 2.45) is 0 Å². The van der Waals surface area contributed by atoms with E-state index in [-0.39, 0.29) is 0 Å². The predicted molar refractivity (Wildman–Crippen MR) is 82.2 cm³/mol. The quantitative estimate of drug-likeness (QED) is 0.926. The standard InChI is InChI=1S/C17H20N2O/c1-20-16-8-6-14(7-9-16)13-19-11-10-18-12-15-4-2-3-5-17(15)19/h2-9,18H,10-13H2,1H3. The highest BCUT2D eigenvalue weighted by Crippen LogP contribution is 2.24. The van der Waals surface area contributed by atoms with Gasteiger partial charge in [-0.25, -0.2) is 0 Å². The molecular weight excluding hydrogens is 248 g/mol. The Labute approximate surface area is 120 Å². The van der Waals surface area contributed by atoms with Crippen molar-refractivity contribution in [1.29, 1.82) is 0 Å². The summed E-state index contributed by atoms with van der Waals surface area (Å²) < 4.78 is 5.21. The lowest BCUT2D eigenvalue weighted by Gasteiger charge is -2.24. The molecule has 20 heavy (non-hydrogen) atoms. The zero-order valence-electron chi connectivity index (χ0n) is 11.8. The number of methoxy groups -OCH3 is 1. The van der Waals surface area contributed by atoms with Crippen molar-refractivity contribution in [3.8, 4) is 5.75 Å². The van der Waals surface area contributed by atoms with Gasteiger partial charge in [0, 0.05) is 31.9 Å². The summed E-state index contributed by atoms with van der Waals surface area (Å²) in [5, 5.41) is 3.48. The highest BCUT2D eigenvalue weighted by molar-refractivity contribution is 5.54. The van der Waals surface area contributed by atoms with Gasteiger partial charge < -0.3 is 15.0 Å². The van der Waals surface area contributed by atoms with Crippen molar-refractivity contribution in [2.45, 2.75) is 13.1 Å². The van der Waals surface area contributed by atoms with Crippen LogP contribution in [-0.4, -0.2) is 20.2 Å². The molecule has 0 aromatic heterocycles. The molecule has 1 aliphatic heterocycles. The third-order valence-electron chi connectivity index (χ3n) is 3.74. The Hall–Kier alpha value is -2.00. The minimum absolute atomic E-state index is 0.909. The maximum Gasteiger partial charge on any atom is 0.118 e. The van der Waals surface area contributed by atoms with Gasteiger partial charge in [-0.05, 0) is 29.3 Å². The second-order valence-electron chi connectivity index (χ2n) is 5.08. The normalized spacial score (nSPS) is 14.6. The van der Waals surface area contributed by atoms with E-state index in [0.717, 1.165) is 31.9 Å². The van der Waals surface area contributed by atoms with Crippen LogP contribution in [0.4, 0.5) is 5.69 Å². The van der Waals surface area contributed by atoms with E-state index < -0.39 is 0 Å². The van der Waals surface area contributed by atoms with Crippen molar-refractivity contribution in [1.82, 2.24) is 5.32 Å². The summed E-state index contributed by atoms with van der Waals surface area (Å²) in [6.07, 6.45) is 0. The van der Waals surface area contributed by atoms with Crippen molar-refractivity contribution >= 4 is 5.69 Å². The Balaban J connectivity index is 1.82. The van der Waals surface area contributed by atoms with E-state index in [1.165, 1.54) is 16.8 Å². The van der Waals surface area contributed by atoms with Crippen LogP contribution in [-0.2, 0) is 13.1 Å². The van der Waals surface area contributed by atoms with Gasteiger partial charge in [0.15, 0.2) is 0 Å². The summed E-state index contributed by atoms with van der Waals surface area (Å²) in [5.74, 6) is 0.909. The van der Waals surface area contributed by atoms with Gasteiger partial charge in [0.2, 0.25) is 0 Å². The number of hydrogen-bond acceptors (Lipinski definition) is 3. The lowest BCUT2D eigenvalue weighted by Crippen LogP contribution is -2.28. The molecule has 3 heteroatoms. The Morgan fingerprint density at radius 1 is 1.10 bits per heavy atom.